The van der Waals surface area contributed by atoms with Crippen molar-refractivity contribution in [1.82, 2.24) is 5.32 Å². The van der Waals surface area contributed by atoms with E-state index in [1.807, 2.05) is 62.4 Å². The van der Waals surface area contributed by atoms with Gasteiger partial charge in [0.1, 0.15) is 16.7 Å². The van der Waals surface area contributed by atoms with Gasteiger partial charge in [-0.25, -0.2) is 0 Å². The number of likely N-dealkylation sites (N-methyl/N-ethyl adjacent to an activating group) is 1. The first kappa shape index (κ1) is 21.0. The van der Waals surface area contributed by atoms with Gasteiger partial charge in [0.2, 0.25) is 5.91 Å². The number of benzene rings is 2. The minimum atomic E-state index is -0.514. The summed E-state index contributed by atoms with van der Waals surface area (Å²) in [4.78, 5) is 27.1. The Kier molecular flexibility index (Phi) is 6.31. The quantitative estimate of drug-likeness (QED) is 0.590. The number of aryl methyl sites for hydroxylation is 2. The summed E-state index contributed by atoms with van der Waals surface area (Å²) < 4.78 is 0. The molecule has 1 atom stereocenters. The highest BCUT2D eigenvalue weighted by molar-refractivity contribution is 8.05. The van der Waals surface area contributed by atoms with Gasteiger partial charge in [-0.2, -0.15) is 5.26 Å². The van der Waals surface area contributed by atoms with E-state index >= 15 is 0 Å². The fourth-order valence-corrected chi connectivity index (χ4v) is 4.63. The van der Waals surface area contributed by atoms with Crippen molar-refractivity contribution in [1.29, 1.82) is 5.26 Å². The molecule has 0 aromatic heterocycles. The normalized spacial score (nSPS) is 17.8. The van der Waals surface area contributed by atoms with Crippen molar-refractivity contribution >= 4 is 40.9 Å². The molecule has 1 aliphatic heterocycles. The van der Waals surface area contributed by atoms with E-state index in [0.29, 0.717) is 22.2 Å². The smallest absolute Gasteiger partial charge is 0.264 e. The molecule has 29 heavy (non-hydrogen) atoms. The van der Waals surface area contributed by atoms with Crippen LogP contribution in [0.25, 0.3) is 0 Å². The number of thioether (sulfide) groups is 1. The first-order valence-corrected chi connectivity index (χ1v) is 10.3. The number of nitrogens with zero attached hydrogens (tertiary/aromatic N) is 2. The van der Waals surface area contributed by atoms with Gasteiger partial charge in [0.05, 0.1) is 10.9 Å². The van der Waals surface area contributed by atoms with Gasteiger partial charge in [0.15, 0.2) is 0 Å². The number of nitriles is 1. The average molecular weight is 426 g/mol. The third-order valence-electron chi connectivity index (χ3n) is 4.75. The van der Waals surface area contributed by atoms with E-state index in [1.165, 1.54) is 23.7 Å². The molecule has 0 bridgehead atoms. The zero-order chi connectivity index (χ0) is 21.1. The second-order valence-corrected chi connectivity index (χ2v) is 8.32. The largest absolute Gasteiger partial charge is 0.354 e. The SMILES string of the molecule is CNC(=O)/C(C#N)=C1\SC(Cc2ccc(C)c(Cl)c2)C(=O)N1c1ccccc1C. The number of carbonyl (C=O) groups is 2. The second kappa shape index (κ2) is 8.73. The van der Waals surface area contributed by atoms with Crippen molar-refractivity contribution in [3.8, 4) is 6.07 Å². The van der Waals surface area contributed by atoms with Gasteiger partial charge >= 0.3 is 0 Å². The van der Waals surface area contributed by atoms with Gasteiger partial charge in [0.25, 0.3) is 5.91 Å². The Morgan fingerprint density at radius 2 is 1.97 bits per heavy atom. The van der Waals surface area contributed by atoms with Crippen LogP contribution in [0.3, 0.4) is 0 Å². The molecule has 1 heterocycles. The summed E-state index contributed by atoms with van der Waals surface area (Å²) in [6, 6.07) is 15.1. The predicted octanol–water partition coefficient (Wildman–Crippen LogP) is 4.13. The summed E-state index contributed by atoms with van der Waals surface area (Å²) in [5, 5.41) is 12.6. The Balaban J connectivity index is 2.07. The zero-order valence-electron chi connectivity index (χ0n) is 16.3. The number of amides is 2. The number of para-hydroxylation sites is 1. The Hall–Kier alpha value is -2.75. The lowest BCUT2D eigenvalue weighted by Gasteiger charge is -2.20. The molecule has 1 fully saturated rings. The summed E-state index contributed by atoms with van der Waals surface area (Å²) in [6.07, 6.45) is 0.446. The van der Waals surface area contributed by atoms with Crippen molar-refractivity contribution in [2.24, 2.45) is 0 Å². The summed E-state index contributed by atoms with van der Waals surface area (Å²) in [6.45, 7) is 3.81. The number of nitrogens with one attached hydrogen (secondary N) is 1. The highest BCUT2D eigenvalue weighted by atomic mass is 35.5. The molecule has 1 saturated heterocycles. The molecule has 2 amide bonds. The van der Waals surface area contributed by atoms with Crippen molar-refractivity contribution in [2.75, 3.05) is 11.9 Å². The standard InChI is InChI=1S/C22H20ClN3O2S/c1-13-8-9-15(10-17(13)23)11-19-21(28)26(18-7-5-4-6-14(18)2)22(29-19)16(12-24)20(27)25-3/h4-10,19H,11H2,1-3H3,(H,25,27)/b22-16-. The number of halogens is 1. The van der Waals surface area contributed by atoms with E-state index in [2.05, 4.69) is 5.32 Å². The van der Waals surface area contributed by atoms with Crippen LogP contribution in [-0.4, -0.2) is 24.1 Å². The molecule has 5 nitrogen and oxygen atoms in total. The van der Waals surface area contributed by atoms with Gasteiger partial charge in [-0.15, -0.1) is 0 Å². The van der Waals surface area contributed by atoms with Crippen LogP contribution >= 0.6 is 23.4 Å². The van der Waals surface area contributed by atoms with Crippen LogP contribution in [0.5, 0.6) is 0 Å². The molecule has 2 aromatic carbocycles. The second-order valence-electron chi connectivity index (χ2n) is 6.73. The lowest BCUT2D eigenvalue weighted by Crippen LogP contribution is -2.31. The summed E-state index contributed by atoms with van der Waals surface area (Å²) >= 11 is 7.48. The lowest BCUT2D eigenvalue weighted by molar-refractivity contribution is -0.117. The highest BCUT2D eigenvalue weighted by Crippen LogP contribution is 2.43. The Bertz CT molecular complexity index is 1060. The lowest BCUT2D eigenvalue weighted by atomic mass is 10.1. The Labute approximate surface area is 179 Å². The molecule has 2 aromatic rings. The molecule has 1 N–H and O–H groups in total. The molecule has 148 valence electrons. The molecular formula is C22H20ClN3O2S. The molecule has 1 unspecified atom stereocenters. The van der Waals surface area contributed by atoms with E-state index in [1.54, 1.807) is 0 Å². The maximum absolute atomic E-state index is 13.4. The average Bonchev–Trinajstić information content (AvgIpc) is 3.01. The van der Waals surface area contributed by atoms with Gasteiger partial charge in [0, 0.05) is 12.1 Å². The summed E-state index contributed by atoms with van der Waals surface area (Å²) in [7, 11) is 1.46. The number of rotatable bonds is 4. The summed E-state index contributed by atoms with van der Waals surface area (Å²) in [5.74, 6) is -0.673. The molecule has 7 heteroatoms. The van der Waals surface area contributed by atoms with Gasteiger partial charge in [-0.05, 0) is 49.1 Å². The molecule has 0 radical (unpaired) electrons. The Morgan fingerprint density at radius 1 is 1.24 bits per heavy atom. The zero-order valence-corrected chi connectivity index (χ0v) is 17.9. The molecule has 0 aliphatic carbocycles. The van der Waals surface area contributed by atoms with Crippen LogP contribution in [0.15, 0.2) is 53.1 Å². The van der Waals surface area contributed by atoms with E-state index in [-0.39, 0.29) is 11.5 Å². The third-order valence-corrected chi connectivity index (χ3v) is 6.42. The fraction of sp³-hybridized carbons (Fsp3) is 0.227. The topological polar surface area (TPSA) is 73.2 Å². The molecule has 0 saturated carbocycles. The molecule has 3 rings (SSSR count). The number of hydrogen-bond acceptors (Lipinski definition) is 4. The maximum Gasteiger partial charge on any atom is 0.264 e. The number of carbonyl (C=O) groups excluding carboxylic acids is 2. The molecular weight excluding hydrogens is 406 g/mol. The van der Waals surface area contributed by atoms with Crippen molar-refractivity contribution in [3.05, 3.63) is 74.8 Å². The third kappa shape index (κ3) is 4.16. The van der Waals surface area contributed by atoms with E-state index < -0.39 is 11.2 Å². The molecule has 0 spiro atoms. The van der Waals surface area contributed by atoms with Crippen LogP contribution in [0.1, 0.15) is 16.7 Å². The van der Waals surface area contributed by atoms with E-state index in [4.69, 9.17) is 11.6 Å². The van der Waals surface area contributed by atoms with Crippen molar-refractivity contribution in [3.63, 3.8) is 0 Å². The Morgan fingerprint density at radius 3 is 2.59 bits per heavy atom. The minimum absolute atomic E-state index is 0.0708. The van der Waals surface area contributed by atoms with E-state index in [0.717, 1.165) is 16.7 Å². The van der Waals surface area contributed by atoms with Gasteiger partial charge in [-0.1, -0.05) is 53.7 Å². The fourth-order valence-electron chi connectivity index (χ4n) is 3.12. The maximum atomic E-state index is 13.4. The van der Waals surface area contributed by atoms with Crippen molar-refractivity contribution < 1.29 is 9.59 Å². The minimum Gasteiger partial charge on any atom is -0.354 e. The van der Waals surface area contributed by atoms with Crippen LogP contribution in [-0.2, 0) is 16.0 Å². The monoisotopic (exact) mass is 425 g/mol. The van der Waals surface area contributed by atoms with Gasteiger partial charge < -0.3 is 5.32 Å². The van der Waals surface area contributed by atoms with E-state index in [9.17, 15) is 14.9 Å². The first-order chi connectivity index (χ1) is 13.9. The predicted molar refractivity (Wildman–Crippen MR) is 117 cm³/mol. The van der Waals surface area contributed by atoms with Crippen LogP contribution in [0.2, 0.25) is 5.02 Å². The van der Waals surface area contributed by atoms with Gasteiger partial charge in [-0.3, -0.25) is 14.5 Å². The number of hydrogen-bond donors (Lipinski definition) is 1. The highest BCUT2D eigenvalue weighted by Gasteiger charge is 2.41. The molecule has 1 aliphatic rings. The van der Waals surface area contributed by atoms with Crippen LogP contribution in [0, 0.1) is 25.2 Å². The number of anilines is 1. The summed E-state index contributed by atoms with van der Waals surface area (Å²) in [5.41, 5.74) is 3.37. The van der Waals surface area contributed by atoms with Crippen LogP contribution in [0.4, 0.5) is 5.69 Å². The van der Waals surface area contributed by atoms with Crippen LogP contribution < -0.4 is 10.2 Å². The van der Waals surface area contributed by atoms with Crippen molar-refractivity contribution in [2.45, 2.75) is 25.5 Å². The first-order valence-electron chi connectivity index (χ1n) is 9.05.